The lowest BCUT2D eigenvalue weighted by molar-refractivity contribution is 0.560. The minimum absolute atomic E-state index is 0.647. The van der Waals surface area contributed by atoms with Gasteiger partial charge in [0.15, 0.2) is 0 Å². The van der Waals surface area contributed by atoms with Crippen molar-refractivity contribution in [2.24, 2.45) is 0 Å². The van der Waals surface area contributed by atoms with Gasteiger partial charge in [-0.1, -0.05) is 18.2 Å². The van der Waals surface area contributed by atoms with E-state index in [0.29, 0.717) is 6.04 Å². The summed E-state index contributed by atoms with van der Waals surface area (Å²) >= 11 is 0. The first kappa shape index (κ1) is 12.2. The molecule has 1 saturated heterocycles. The van der Waals surface area contributed by atoms with Crippen molar-refractivity contribution < 1.29 is 0 Å². The van der Waals surface area contributed by atoms with E-state index in [4.69, 9.17) is 4.98 Å². The van der Waals surface area contributed by atoms with Crippen LogP contribution in [0.4, 0.5) is 5.82 Å². The minimum Gasteiger partial charge on any atom is -0.355 e. The van der Waals surface area contributed by atoms with Gasteiger partial charge < -0.3 is 10.2 Å². The second kappa shape index (κ2) is 5.06. The van der Waals surface area contributed by atoms with Crippen LogP contribution in [0.3, 0.4) is 0 Å². The predicted octanol–water partition coefficient (Wildman–Crippen LogP) is 2.74. The van der Waals surface area contributed by atoms with E-state index in [1.54, 1.807) is 0 Å². The number of anilines is 1. The third kappa shape index (κ3) is 2.16. The Bertz CT molecular complexity index is 617. The maximum Gasteiger partial charge on any atom is 0.132 e. The predicted molar refractivity (Wildman–Crippen MR) is 83.3 cm³/mol. The van der Waals surface area contributed by atoms with Crippen LogP contribution in [-0.2, 0) is 6.42 Å². The smallest absolute Gasteiger partial charge is 0.132 e. The van der Waals surface area contributed by atoms with Gasteiger partial charge in [-0.25, -0.2) is 4.98 Å². The summed E-state index contributed by atoms with van der Waals surface area (Å²) in [5.41, 5.74) is 2.55. The van der Waals surface area contributed by atoms with Gasteiger partial charge in [0.05, 0.1) is 5.52 Å². The fourth-order valence-electron chi connectivity index (χ4n) is 3.53. The summed E-state index contributed by atoms with van der Waals surface area (Å²) < 4.78 is 0. The van der Waals surface area contributed by atoms with E-state index in [-0.39, 0.29) is 0 Å². The van der Waals surface area contributed by atoms with Crippen LogP contribution in [0.2, 0.25) is 0 Å². The van der Waals surface area contributed by atoms with Gasteiger partial charge in [0.2, 0.25) is 0 Å². The molecule has 0 amide bonds. The molecule has 4 rings (SSSR count). The van der Waals surface area contributed by atoms with Gasteiger partial charge in [0.1, 0.15) is 5.82 Å². The molecular formula is C17H21N3. The van der Waals surface area contributed by atoms with E-state index in [2.05, 4.69) is 40.5 Å². The molecule has 0 aliphatic carbocycles. The van der Waals surface area contributed by atoms with Gasteiger partial charge in [-0.05, 0) is 49.9 Å². The molecule has 3 nitrogen and oxygen atoms in total. The highest BCUT2D eigenvalue weighted by Crippen LogP contribution is 2.29. The van der Waals surface area contributed by atoms with Crippen LogP contribution in [0.1, 0.15) is 24.8 Å². The van der Waals surface area contributed by atoms with Crippen molar-refractivity contribution in [3.8, 4) is 0 Å². The summed E-state index contributed by atoms with van der Waals surface area (Å²) in [6.07, 6.45) is 5.04. The van der Waals surface area contributed by atoms with Crippen molar-refractivity contribution in [1.29, 1.82) is 0 Å². The quantitative estimate of drug-likeness (QED) is 0.907. The van der Waals surface area contributed by atoms with E-state index in [0.717, 1.165) is 18.6 Å². The number of aromatic nitrogens is 1. The molecule has 1 unspecified atom stereocenters. The molecule has 3 heteroatoms. The van der Waals surface area contributed by atoms with Gasteiger partial charge in [-0.15, -0.1) is 0 Å². The van der Waals surface area contributed by atoms with E-state index in [9.17, 15) is 0 Å². The zero-order valence-electron chi connectivity index (χ0n) is 11.8. The van der Waals surface area contributed by atoms with E-state index >= 15 is 0 Å². The first-order valence-corrected chi connectivity index (χ1v) is 7.77. The monoisotopic (exact) mass is 267 g/mol. The van der Waals surface area contributed by atoms with Gasteiger partial charge in [0, 0.05) is 24.5 Å². The Morgan fingerprint density at radius 2 is 2.20 bits per heavy atom. The Morgan fingerprint density at radius 1 is 1.25 bits per heavy atom. The molecule has 1 aromatic heterocycles. The molecule has 1 N–H and O–H groups in total. The summed E-state index contributed by atoms with van der Waals surface area (Å²) in [5.74, 6) is 1.23. The number of fused-ring (bicyclic) bond motifs is 2. The topological polar surface area (TPSA) is 28.2 Å². The number of para-hydroxylation sites is 1. The van der Waals surface area contributed by atoms with Crippen molar-refractivity contribution in [2.45, 2.75) is 31.7 Å². The molecule has 2 aliphatic heterocycles. The molecule has 20 heavy (non-hydrogen) atoms. The zero-order chi connectivity index (χ0) is 13.4. The Hall–Kier alpha value is -1.61. The van der Waals surface area contributed by atoms with E-state index in [1.165, 1.54) is 49.0 Å². The second-order valence-corrected chi connectivity index (χ2v) is 6.01. The molecule has 0 saturated carbocycles. The van der Waals surface area contributed by atoms with Crippen molar-refractivity contribution in [1.82, 2.24) is 10.3 Å². The van der Waals surface area contributed by atoms with Crippen molar-refractivity contribution in [3.63, 3.8) is 0 Å². The standard InChI is InChI=1S/C17H21N3/c1-2-8-16-13(5-1)11-14-6-4-10-20(17(14)19-16)12-15-7-3-9-18-15/h1-2,5,8,11,15,18H,3-4,6-7,9-10,12H2. The zero-order valence-corrected chi connectivity index (χ0v) is 11.8. The van der Waals surface area contributed by atoms with Crippen molar-refractivity contribution >= 4 is 16.7 Å². The Labute approximate surface area is 120 Å². The van der Waals surface area contributed by atoms with Gasteiger partial charge >= 0.3 is 0 Å². The maximum absolute atomic E-state index is 4.94. The summed E-state index contributed by atoms with van der Waals surface area (Å²) in [6, 6.07) is 11.4. The van der Waals surface area contributed by atoms with Crippen LogP contribution in [0, 0.1) is 0 Å². The molecule has 0 radical (unpaired) electrons. The third-order valence-electron chi connectivity index (χ3n) is 4.56. The molecule has 0 bridgehead atoms. The van der Waals surface area contributed by atoms with Crippen LogP contribution >= 0.6 is 0 Å². The van der Waals surface area contributed by atoms with Gasteiger partial charge in [0.25, 0.3) is 0 Å². The maximum atomic E-state index is 4.94. The molecule has 0 spiro atoms. The fourth-order valence-corrected chi connectivity index (χ4v) is 3.53. The lowest BCUT2D eigenvalue weighted by Crippen LogP contribution is -2.40. The van der Waals surface area contributed by atoms with Crippen LogP contribution in [0.5, 0.6) is 0 Å². The number of aryl methyl sites for hydroxylation is 1. The summed E-state index contributed by atoms with van der Waals surface area (Å²) in [6.45, 7) is 3.44. The molecule has 2 aliphatic rings. The number of rotatable bonds is 2. The summed E-state index contributed by atoms with van der Waals surface area (Å²) in [7, 11) is 0. The first-order chi connectivity index (χ1) is 9.90. The molecule has 1 atom stereocenters. The third-order valence-corrected chi connectivity index (χ3v) is 4.56. The molecule has 3 heterocycles. The summed E-state index contributed by atoms with van der Waals surface area (Å²) in [4.78, 5) is 7.43. The number of hydrogen-bond acceptors (Lipinski definition) is 3. The van der Waals surface area contributed by atoms with Crippen LogP contribution in [-0.4, -0.2) is 30.7 Å². The van der Waals surface area contributed by atoms with Gasteiger partial charge in [-0.3, -0.25) is 0 Å². The average molecular weight is 267 g/mol. The van der Waals surface area contributed by atoms with Crippen molar-refractivity contribution in [2.75, 3.05) is 24.5 Å². The summed E-state index contributed by atoms with van der Waals surface area (Å²) in [5, 5.41) is 4.87. The lowest BCUT2D eigenvalue weighted by Gasteiger charge is -2.32. The minimum atomic E-state index is 0.647. The first-order valence-electron chi connectivity index (χ1n) is 7.77. The second-order valence-electron chi connectivity index (χ2n) is 6.01. The normalized spacial score (nSPS) is 22.2. The van der Waals surface area contributed by atoms with E-state index < -0.39 is 0 Å². The molecule has 1 aromatic carbocycles. The SMILES string of the molecule is c1ccc2nc3c(cc2c1)CCCN3CC1CCCN1. The highest BCUT2D eigenvalue weighted by atomic mass is 15.2. The number of nitrogens with one attached hydrogen (secondary N) is 1. The van der Waals surface area contributed by atoms with Crippen LogP contribution in [0.25, 0.3) is 10.9 Å². The van der Waals surface area contributed by atoms with Crippen LogP contribution < -0.4 is 10.2 Å². The van der Waals surface area contributed by atoms with Crippen molar-refractivity contribution in [3.05, 3.63) is 35.9 Å². The average Bonchev–Trinajstić information content (AvgIpc) is 2.99. The Balaban J connectivity index is 1.69. The Kier molecular flexibility index (Phi) is 3.07. The fraction of sp³-hybridized carbons (Fsp3) is 0.471. The molecule has 104 valence electrons. The molecular weight excluding hydrogens is 246 g/mol. The molecule has 2 aromatic rings. The highest BCUT2D eigenvalue weighted by molar-refractivity contribution is 5.82. The van der Waals surface area contributed by atoms with E-state index in [1.807, 2.05) is 0 Å². The highest BCUT2D eigenvalue weighted by Gasteiger charge is 2.23. The number of benzene rings is 1. The number of pyridine rings is 1. The van der Waals surface area contributed by atoms with Crippen LogP contribution in [0.15, 0.2) is 30.3 Å². The number of hydrogen-bond donors (Lipinski definition) is 1. The number of nitrogens with zero attached hydrogens (tertiary/aromatic N) is 2. The lowest BCUT2D eigenvalue weighted by atomic mass is 10.0. The largest absolute Gasteiger partial charge is 0.355 e. The molecule has 1 fully saturated rings. The Morgan fingerprint density at radius 3 is 3.10 bits per heavy atom. The van der Waals surface area contributed by atoms with Gasteiger partial charge in [-0.2, -0.15) is 0 Å².